The normalized spacial score (nSPS) is 12.1. The number of nitrogens with one attached hydrogen (secondary N) is 2. The van der Waals surface area contributed by atoms with Gasteiger partial charge in [-0.2, -0.15) is 0 Å². The van der Waals surface area contributed by atoms with Crippen LogP contribution in [0.3, 0.4) is 0 Å². The van der Waals surface area contributed by atoms with E-state index in [0.29, 0.717) is 6.54 Å². The van der Waals surface area contributed by atoms with E-state index in [1.807, 2.05) is 49.5 Å². The van der Waals surface area contributed by atoms with Crippen LogP contribution in [0.2, 0.25) is 4.34 Å². The zero-order valence-electron chi connectivity index (χ0n) is 10.7. The lowest BCUT2D eigenvalue weighted by Gasteiger charge is -2.12. The first-order valence-corrected chi connectivity index (χ1v) is 7.23. The number of para-hydroxylation sites is 1. The molecule has 0 aliphatic carbocycles. The average Bonchev–Trinajstić information content (AvgIpc) is 2.75. The van der Waals surface area contributed by atoms with Crippen LogP contribution in [-0.2, 0) is 11.3 Å². The van der Waals surface area contributed by atoms with E-state index >= 15 is 0 Å². The van der Waals surface area contributed by atoms with Crippen LogP contribution >= 0.6 is 22.9 Å². The number of thiophene rings is 1. The highest BCUT2D eigenvalue weighted by Crippen LogP contribution is 2.20. The van der Waals surface area contributed by atoms with E-state index in [0.717, 1.165) is 21.5 Å². The van der Waals surface area contributed by atoms with Crippen molar-refractivity contribution in [1.82, 2.24) is 0 Å². The first-order chi connectivity index (χ1) is 9.13. The van der Waals surface area contributed by atoms with Crippen molar-refractivity contribution in [3.63, 3.8) is 0 Å². The largest absolute Gasteiger partial charge is 0.325 e. The fourth-order valence-corrected chi connectivity index (χ4v) is 3.01. The van der Waals surface area contributed by atoms with Gasteiger partial charge < -0.3 is 10.2 Å². The number of hydrogen-bond acceptors (Lipinski definition) is 2. The third-order valence-corrected chi connectivity index (χ3v) is 3.86. The molecule has 0 fully saturated rings. The smallest absolute Gasteiger partial charge is 0.279 e. The molecule has 1 unspecified atom stereocenters. The van der Waals surface area contributed by atoms with Crippen LogP contribution in [0.15, 0.2) is 42.5 Å². The molecule has 2 rings (SSSR count). The topological polar surface area (TPSA) is 33.5 Å². The van der Waals surface area contributed by atoms with E-state index in [2.05, 4.69) is 5.32 Å². The quantitative estimate of drug-likeness (QED) is 0.870. The molecular weight excluding hydrogens is 280 g/mol. The Balaban J connectivity index is 1.82. The van der Waals surface area contributed by atoms with Gasteiger partial charge in [0.25, 0.3) is 5.91 Å². The lowest BCUT2D eigenvalue weighted by atomic mass is 10.3. The van der Waals surface area contributed by atoms with Crippen molar-refractivity contribution in [2.75, 3.05) is 18.9 Å². The first kappa shape index (κ1) is 14.1. The molecule has 1 atom stereocenters. The lowest BCUT2D eigenvalue weighted by molar-refractivity contribution is -0.884. The number of amides is 1. The first-order valence-electron chi connectivity index (χ1n) is 6.04. The third-order valence-electron chi connectivity index (χ3n) is 2.62. The Labute approximate surface area is 121 Å². The summed E-state index contributed by atoms with van der Waals surface area (Å²) < 4.78 is 0.788. The van der Waals surface area contributed by atoms with Gasteiger partial charge in [-0.05, 0) is 24.3 Å². The number of benzene rings is 1. The molecule has 1 aromatic heterocycles. The van der Waals surface area contributed by atoms with Crippen molar-refractivity contribution in [2.24, 2.45) is 0 Å². The van der Waals surface area contributed by atoms with E-state index in [-0.39, 0.29) is 5.91 Å². The van der Waals surface area contributed by atoms with Crippen molar-refractivity contribution in [3.05, 3.63) is 51.7 Å². The van der Waals surface area contributed by atoms with Crippen molar-refractivity contribution < 1.29 is 9.69 Å². The fourth-order valence-electron chi connectivity index (χ4n) is 1.81. The number of anilines is 1. The molecule has 1 aromatic carbocycles. The predicted octanol–water partition coefficient (Wildman–Crippen LogP) is 2.05. The van der Waals surface area contributed by atoms with Crippen LogP contribution in [-0.4, -0.2) is 19.5 Å². The summed E-state index contributed by atoms with van der Waals surface area (Å²) in [7, 11) is 2.00. The minimum atomic E-state index is 0.0198. The standard InChI is InChI=1S/C14H15ClN2OS/c1-17(9-12-7-8-13(15)19-12)10-14(18)16-11-5-3-2-4-6-11/h2-8H,9-10H2,1H3,(H,16,18)/p+1. The zero-order valence-corrected chi connectivity index (χ0v) is 12.2. The summed E-state index contributed by atoms with van der Waals surface area (Å²) in [4.78, 5) is 14.2. The van der Waals surface area contributed by atoms with Gasteiger partial charge >= 0.3 is 0 Å². The van der Waals surface area contributed by atoms with E-state index < -0.39 is 0 Å². The van der Waals surface area contributed by atoms with Gasteiger partial charge in [-0.1, -0.05) is 29.8 Å². The Bertz CT molecular complexity index is 541. The number of likely N-dealkylation sites (N-methyl/N-ethyl adjacent to an activating group) is 1. The van der Waals surface area contributed by atoms with Crippen LogP contribution in [0, 0.1) is 0 Å². The third kappa shape index (κ3) is 4.67. The van der Waals surface area contributed by atoms with E-state index in [1.54, 1.807) is 11.3 Å². The molecule has 0 aliphatic rings. The molecule has 0 bridgehead atoms. The molecule has 5 heteroatoms. The summed E-state index contributed by atoms with van der Waals surface area (Å²) in [5, 5.41) is 2.88. The fraction of sp³-hybridized carbons (Fsp3) is 0.214. The highest BCUT2D eigenvalue weighted by atomic mass is 35.5. The summed E-state index contributed by atoms with van der Waals surface area (Å²) in [6.45, 7) is 1.24. The molecular formula is C14H16ClN2OS+. The number of carbonyl (C=O) groups is 1. The number of rotatable bonds is 5. The molecule has 0 saturated carbocycles. The zero-order chi connectivity index (χ0) is 13.7. The second-order valence-corrected chi connectivity index (χ2v) is 6.23. The molecule has 2 aromatic rings. The van der Waals surface area contributed by atoms with E-state index in [9.17, 15) is 4.79 Å². The van der Waals surface area contributed by atoms with Crippen LogP contribution in [0.25, 0.3) is 0 Å². The summed E-state index contributed by atoms with van der Waals surface area (Å²) in [6, 6.07) is 13.4. The number of halogens is 1. The Morgan fingerprint density at radius 3 is 2.63 bits per heavy atom. The highest BCUT2D eigenvalue weighted by Gasteiger charge is 2.11. The predicted molar refractivity (Wildman–Crippen MR) is 79.9 cm³/mol. The Kier molecular flexibility index (Phi) is 4.96. The minimum Gasteiger partial charge on any atom is -0.325 e. The summed E-state index contributed by atoms with van der Waals surface area (Å²) >= 11 is 7.45. The van der Waals surface area contributed by atoms with Gasteiger partial charge in [0.2, 0.25) is 0 Å². The van der Waals surface area contributed by atoms with Crippen LogP contribution in [0.4, 0.5) is 5.69 Å². The number of hydrogen-bond donors (Lipinski definition) is 2. The Morgan fingerprint density at radius 1 is 1.26 bits per heavy atom. The van der Waals surface area contributed by atoms with Gasteiger partial charge in [-0.15, -0.1) is 11.3 Å². The second-order valence-electron chi connectivity index (χ2n) is 4.43. The molecule has 1 amide bonds. The van der Waals surface area contributed by atoms with Crippen molar-refractivity contribution in [2.45, 2.75) is 6.54 Å². The van der Waals surface area contributed by atoms with Crippen molar-refractivity contribution in [3.8, 4) is 0 Å². The summed E-state index contributed by atoms with van der Waals surface area (Å²) in [5.74, 6) is 0.0198. The lowest BCUT2D eigenvalue weighted by Crippen LogP contribution is -3.08. The summed E-state index contributed by atoms with van der Waals surface area (Å²) in [5.41, 5.74) is 0.833. The van der Waals surface area contributed by atoms with Gasteiger partial charge in [0, 0.05) is 5.69 Å². The maximum absolute atomic E-state index is 11.9. The maximum atomic E-state index is 11.9. The Hall–Kier alpha value is -1.36. The van der Waals surface area contributed by atoms with Crippen LogP contribution in [0.1, 0.15) is 4.88 Å². The van der Waals surface area contributed by atoms with Crippen LogP contribution in [0.5, 0.6) is 0 Å². The van der Waals surface area contributed by atoms with Gasteiger partial charge in [0.1, 0.15) is 6.54 Å². The van der Waals surface area contributed by atoms with Crippen molar-refractivity contribution in [1.29, 1.82) is 0 Å². The van der Waals surface area contributed by atoms with Gasteiger partial charge in [-0.3, -0.25) is 4.79 Å². The molecule has 19 heavy (non-hydrogen) atoms. The van der Waals surface area contributed by atoms with Crippen molar-refractivity contribution >= 4 is 34.5 Å². The molecule has 100 valence electrons. The van der Waals surface area contributed by atoms with E-state index in [4.69, 9.17) is 11.6 Å². The average molecular weight is 296 g/mol. The minimum absolute atomic E-state index is 0.0198. The van der Waals surface area contributed by atoms with Gasteiger partial charge in [0.05, 0.1) is 16.3 Å². The number of quaternary nitrogens is 1. The van der Waals surface area contributed by atoms with Gasteiger partial charge in [-0.25, -0.2) is 0 Å². The Morgan fingerprint density at radius 2 is 2.00 bits per heavy atom. The van der Waals surface area contributed by atoms with Gasteiger partial charge in [0.15, 0.2) is 6.54 Å². The number of carbonyl (C=O) groups excluding carboxylic acids is 1. The molecule has 0 saturated heterocycles. The molecule has 2 N–H and O–H groups in total. The molecule has 1 heterocycles. The van der Waals surface area contributed by atoms with Crippen LogP contribution < -0.4 is 10.2 Å². The summed E-state index contributed by atoms with van der Waals surface area (Å²) in [6.07, 6.45) is 0. The molecule has 0 radical (unpaired) electrons. The second kappa shape index (κ2) is 6.70. The van der Waals surface area contributed by atoms with E-state index in [1.165, 1.54) is 4.88 Å². The molecule has 3 nitrogen and oxygen atoms in total. The molecule has 0 aliphatic heterocycles. The molecule has 0 spiro atoms. The monoisotopic (exact) mass is 295 g/mol. The maximum Gasteiger partial charge on any atom is 0.279 e. The highest BCUT2D eigenvalue weighted by molar-refractivity contribution is 7.16. The SMILES string of the molecule is C[NH+](CC(=O)Nc1ccccc1)Cc1ccc(Cl)s1.